The molecule has 1 aliphatic carbocycles. The number of ether oxygens (including phenoxy) is 2. The Morgan fingerprint density at radius 2 is 2.07 bits per heavy atom. The maximum absolute atomic E-state index is 13.2. The monoisotopic (exact) mass is 385 g/mol. The first-order valence-corrected chi connectivity index (χ1v) is 9.44. The first kappa shape index (κ1) is 17.5. The van der Waals surface area contributed by atoms with Crippen LogP contribution in [0.4, 0.5) is 5.69 Å². The fourth-order valence-electron chi connectivity index (χ4n) is 3.30. The maximum atomic E-state index is 13.2. The number of methoxy groups -OCH3 is 2. The third kappa shape index (κ3) is 3.25. The van der Waals surface area contributed by atoms with Crippen LogP contribution in [0.3, 0.4) is 0 Å². The number of aryl methyl sites for hydroxylation is 1. The van der Waals surface area contributed by atoms with Crippen LogP contribution in [0, 0.1) is 0 Å². The first-order chi connectivity index (χ1) is 13.2. The summed E-state index contributed by atoms with van der Waals surface area (Å²) >= 11 is 1.58. The van der Waals surface area contributed by atoms with Gasteiger partial charge >= 0.3 is 0 Å². The Labute approximate surface area is 160 Å². The molecule has 4 rings (SSSR count). The van der Waals surface area contributed by atoms with E-state index < -0.39 is 0 Å². The molecule has 1 N–H and O–H groups in total. The van der Waals surface area contributed by atoms with Gasteiger partial charge in [-0.3, -0.25) is 4.79 Å². The van der Waals surface area contributed by atoms with Crippen LogP contribution in [0.1, 0.15) is 33.6 Å². The Bertz CT molecular complexity index is 968. The molecule has 1 aliphatic rings. The number of hydrogen-bond donors (Lipinski definition) is 1. The minimum absolute atomic E-state index is 0.202. The Morgan fingerprint density at radius 1 is 1.22 bits per heavy atom. The molecule has 0 saturated carbocycles. The molecule has 140 valence electrons. The fraction of sp³-hybridized carbons (Fsp3) is 0.333. The van der Waals surface area contributed by atoms with Gasteiger partial charge in [-0.25, -0.2) is 0 Å². The molecular weight excluding hydrogens is 366 g/mol. The summed E-state index contributed by atoms with van der Waals surface area (Å²) in [5.41, 5.74) is 2.28. The van der Waals surface area contributed by atoms with Gasteiger partial charge in [-0.05, 0) is 53.8 Å². The summed E-state index contributed by atoms with van der Waals surface area (Å²) in [6.45, 7) is 0. The number of anilines is 1. The van der Waals surface area contributed by atoms with Gasteiger partial charge in [0, 0.05) is 10.9 Å². The number of nitrogens with one attached hydrogen (secondary N) is 1. The van der Waals surface area contributed by atoms with Gasteiger partial charge in [-0.15, -0.1) is 16.4 Å². The van der Waals surface area contributed by atoms with E-state index in [0.717, 1.165) is 36.2 Å². The highest BCUT2D eigenvalue weighted by atomic mass is 32.1. The molecule has 0 aliphatic heterocycles. The number of hydrogen-bond acceptors (Lipinski definition) is 7. The van der Waals surface area contributed by atoms with Gasteiger partial charge in [-0.2, -0.15) is 4.68 Å². The first-order valence-electron chi connectivity index (χ1n) is 8.62. The number of carbonyl (C=O) groups excluding carboxylic acids is 1. The van der Waals surface area contributed by atoms with E-state index >= 15 is 0 Å². The van der Waals surface area contributed by atoms with E-state index in [4.69, 9.17) is 9.47 Å². The molecule has 0 spiro atoms. The average molecular weight is 385 g/mol. The lowest BCUT2D eigenvalue weighted by Gasteiger charge is -2.15. The summed E-state index contributed by atoms with van der Waals surface area (Å²) in [5.74, 6) is 1.00. The number of benzene rings is 1. The van der Waals surface area contributed by atoms with Crippen molar-refractivity contribution >= 4 is 22.9 Å². The maximum Gasteiger partial charge on any atom is 0.259 e. The van der Waals surface area contributed by atoms with Crippen molar-refractivity contribution in [3.05, 3.63) is 40.5 Å². The average Bonchev–Trinajstić information content (AvgIpc) is 3.35. The minimum Gasteiger partial charge on any atom is -0.497 e. The summed E-state index contributed by atoms with van der Waals surface area (Å²) in [6, 6.07) is 5.29. The molecule has 1 aromatic carbocycles. The van der Waals surface area contributed by atoms with Gasteiger partial charge in [0.15, 0.2) is 0 Å². The Hall–Kier alpha value is -2.94. The Morgan fingerprint density at radius 3 is 2.81 bits per heavy atom. The summed E-state index contributed by atoms with van der Waals surface area (Å²) in [5, 5.41) is 15.1. The number of tetrazole rings is 1. The van der Waals surface area contributed by atoms with Gasteiger partial charge in [0.05, 0.1) is 25.5 Å². The molecule has 0 saturated heterocycles. The smallest absolute Gasteiger partial charge is 0.259 e. The highest BCUT2D eigenvalue weighted by Crippen LogP contribution is 2.37. The molecule has 1 amide bonds. The molecule has 0 bridgehead atoms. The van der Waals surface area contributed by atoms with Crippen molar-refractivity contribution < 1.29 is 14.3 Å². The van der Waals surface area contributed by atoms with E-state index in [1.165, 1.54) is 11.2 Å². The third-order valence-electron chi connectivity index (χ3n) is 4.59. The van der Waals surface area contributed by atoms with Crippen LogP contribution in [-0.4, -0.2) is 40.3 Å². The summed E-state index contributed by atoms with van der Waals surface area (Å²) in [6.07, 6.45) is 5.58. The number of rotatable bonds is 5. The van der Waals surface area contributed by atoms with Crippen molar-refractivity contribution in [3.63, 3.8) is 0 Å². The number of nitrogens with zero attached hydrogens (tertiary/aromatic N) is 4. The Balaban J connectivity index is 1.75. The molecule has 0 radical (unpaired) electrons. The molecule has 2 heterocycles. The number of aromatic nitrogens is 4. The van der Waals surface area contributed by atoms with E-state index in [2.05, 4.69) is 20.8 Å². The molecule has 0 fully saturated rings. The quantitative estimate of drug-likeness (QED) is 0.726. The van der Waals surface area contributed by atoms with Crippen LogP contribution in [-0.2, 0) is 12.8 Å². The van der Waals surface area contributed by atoms with Crippen molar-refractivity contribution in [2.45, 2.75) is 25.7 Å². The predicted molar refractivity (Wildman–Crippen MR) is 101 cm³/mol. The molecule has 8 nitrogen and oxygen atoms in total. The zero-order valence-corrected chi connectivity index (χ0v) is 15.9. The zero-order chi connectivity index (χ0) is 18.8. The lowest BCUT2D eigenvalue weighted by atomic mass is 9.95. The predicted octanol–water partition coefficient (Wildman–Crippen LogP) is 2.87. The summed E-state index contributed by atoms with van der Waals surface area (Å²) in [4.78, 5) is 14.5. The van der Waals surface area contributed by atoms with Gasteiger partial charge < -0.3 is 14.8 Å². The number of fused-ring (bicyclic) bond motifs is 1. The molecule has 0 atom stereocenters. The number of carbonyl (C=O) groups is 1. The lowest BCUT2D eigenvalue weighted by molar-refractivity contribution is 0.102. The number of thiophene rings is 1. The van der Waals surface area contributed by atoms with Gasteiger partial charge in [0.1, 0.15) is 22.8 Å². The van der Waals surface area contributed by atoms with E-state index in [0.29, 0.717) is 22.7 Å². The van der Waals surface area contributed by atoms with Crippen molar-refractivity contribution in [2.75, 3.05) is 19.5 Å². The summed E-state index contributed by atoms with van der Waals surface area (Å²) < 4.78 is 12.2. The van der Waals surface area contributed by atoms with Gasteiger partial charge in [0.2, 0.25) is 0 Å². The third-order valence-corrected chi connectivity index (χ3v) is 5.87. The molecule has 27 heavy (non-hydrogen) atoms. The molecular formula is C18H19N5O3S. The van der Waals surface area contributed by atoms with E-state index in [9.17, 15) is 4.79 Å². The van der Waals surface area contributed by atoms with Crippen LogP contribution in [0.2, 0.25) is 0 Å². The van der Waals surface area contributed by atoms with Crippen molar-refractivity contribution in [2.24, 2.45) is 0 Å². The topological polar surface area (TPSA) is 91.2 Å². The Kier molecular flexibility index (Phi) is 4.76. The van der Waals surface area contributed by atoms with Crippen molar-refractivity contribution in [3.8, 4) is 16.5 Å². The second-order valence-corrected chi connectivity index (χ2v) is 7.25. The van der Waals surface area contributed by atoms with Crippen LogP contribution < -0.4 is 14.8 Å². The highest BCUT2D eigenvalue weighted by Gasteiger charge is 2.27. The van der Waals surface area contributed by atoms with E-state index in [-0.39, 0.29) is 5.91 Å². The second-order valence-electron chi connectivity index (χ2n) is 6.17. The van der Waals surface area contributed by atoms with Gasteiger partial charge in [0.25, 0.3) is 5.91 Å². The molecule has 3 aromatic rings. The molecule has 0 unspecified atom stereocenters. The van der Waals surface area contributed by atoms with Crippen LogP contribution in [0.5, 0.6) is 11.5 Å². The fourth-order valence-corrected chi connectivity index (χ4v) is 4.60. The van der Waals surface area contributed by atoms with Crippen LogP contribution in [0.25, 0.3) is 5.00 Å². The largest absolute Gasteiger partial charge is 0.497 e. The highest BCUT2D eigenvalue weighted by molar-refractivity contribution is 7.15. The minimum atomic E-state index is -0.202. The van der Waals surface area contributed by atoms with Crippen LogP contribution in [0.15, 0.2) is 24.5 Å². The molecule has 9 heteroatoms. The second kappa shape index (κ2) is 7.36. The van der Waals surface area contributed by atoms with E-state index in [1.54, 1.807) is 48.4 Å². The van der Waals surface area contributed by atoms with E-state index in [1.807, 2.05) is 0 Å². The molecule has 2 aromatic heterocycles. The van der Waals surface area contributed by atoms with Crippen molar-refractivity contribution in [1.29, 1.82) is 0 Å². The van der Waals surface area contributed by atoms with Crippen LogP contribution >= 0.6 is 11.3 Å². The van der Waals surface area contributed by atoms with Crippen molar-refractivity contribution in [1.82, 2.24) is 20.2 Å². The standard InChI is InChI=1S/C18H19N5O3S/c1-25-11-7-8-14(26-2)13(9-11)20-17(24)16-12-5-3-4-6-15(12)27-18(16)23-10-19-21-22-23/h7-10H,3-6H2,1-2H3,(H,20,24). The zero-order valence-electron chi connectivity index (χ0n) is 15.1. The van der Waals surface area contributed by atoms with Gasteiger partial charge in [-0.1, -0.05) is 0 Å². The lowest BCUT2D eigenvalue weighted by Crippen LogP contribution is -2.17. The summed E-state index contributed by atoms with van der Waals surface area (Å²) in [7, 11) is 3.15. The normalized spacial score (nSPS) is 13.1. The SMILES string of the molecule is COc1ccc(OC)c(NC(=O)c2c(-n3cnnn3)sc3c2CCCC3)c1. The number of amides is 1.